The summed E-state index contributed by atoms with van der Waals surface area (Å²) in [6, 6.07) is 42.7. The molecule has 0 heterocycles. The van der Waals surface area contributed by atoms with E-state index in [0.717, 1.165) is 11.4 Å². The molecule has 0 amide bonds. The van der Waals surface area contributed by atoms with Crippen LogP contribution in [0.5, 0.6) is 0 Å². The Labute approximate surface area is 171 Å². The Hall–Kier alpha value is -3.84. The minimum absolute atomic E-state index is 1.08. The Kier molecular flexibility index (Phi) is 4.56. The molecule has 1 nitrogen and oxygen atoms in total. The van der Waals surface area contributed by atoms with Gasteiger partial charge in [-0.05, 0) is 63.4 Å². The number of rotatable bonds is 4. The largest absolute Gasteiger partial charge is 0.356 e. The van der Waals surface area contributed by atoms with Crippen LogP contribution in [0.3, 0.4) is 0 Å². The molecule has 0 fully saturated rings. The smallest absolute Gasteiger partial charge is 0.0390 e. The minimum Gasteiger partial charge on any atom is -0.356 e. The number of fused-ring (bicyclic) bond motifs is 1. The lowest BCUT2D eigenvalue weighted by molar-refractivity contribution is 1.53. The van der Waals surface area contributed by atoms with Gasteiger partial charge in [0, 0.05) is 11.4 Å². The van der Waals surface area contributed by atoms with Crippen molar-refractivity contribution in [1.29, 1.82) is 0 Å². The Bertz CT molecular complexity index is 1250. The molecule has 0 radical (unpaired) electrons. The van der Waals surface area contributed by atoms with Crippen molar-refractivity contribution in [2.75, 3.05) is 5.32 Å². The molecule has 0 aliphatic rings. The Morgan fingerprint density at radius 2 is 0.966 bits per heavy atom. The quantitative estimate of drug-likeness (QED) is 0.338. The highest BCUT2D eigenvalue weighted by Crippen LogP contribution is 2.28. The van der Waals surface area contributed by atoms with Crippen molar-refractivity contribution in [3.05, 3.63) is 121 Å². The van der Waals surface area contributed by atoms with Crippen LogP contribution in [0.15, 0.2) is 121 Å². The molecular weight excluding hydrogens is 350 g/mol. The molecule has 5 aromatic carbocycles. The summed E-state index contributed by atoms with van der Waals surface area (Å²) < 4.78 is 0. The van der Waals surface area contributed by atoms with E-state index in [2.05, 4.69) is 121 Å². The molecule has 0 atom stereocenters. The summed E-state index contributed by atoms with van der Waals surface area (Å²) in [6.07, 6.45) is 0. The van der Waals surface area contributed by atoms with E-state index in [4.69, 9.17) is 0 Å². The van der Waals surface area contributed by atoms with E-state index in [9.17, 15) is 0 Å². The first-order valence-corrected chi connectivity index (χ1v) is 9.87. The van der Waals surface area contributed by atoms with Crippen LogP contribution in [0.25, 0.3) is 33.0 Å². The summed E-state index contributed by atoms with van der Waals surface area (Å²) in [4.78, 5) is 0. The third kappa shape index (κ3) is 3.76. The van der Waals surface area contributed by atoms with Gasteiger partial charge in [-0.3, -0.25) is 0 Å². The van der Waals surface area contributed by atoms with Crippen LogP contribution in [0.4, 0.5) is 11.4 Å². The molecular formula is C28H21N. The van der Waals surface area contributed by atoms with Crippen molar-refractivity contribution >= 4 is 22.1 Å². The van der Waals surface area contributed by atoms with E-state index < -0.39 is 0 Å². The van der Waals surface area contributed by atoms with Crippen molar-refractivity contribution in [2.24, 2.45) is 0 Å². The highest BCUT2D eigenvalue weighted by molar-refractivity contribution is 5.87. The molecule has 0 unspecified atom stereocenters. The maximum atomic E-state index is 3.53. The maximum Gasteiger partial charge on any atom is 0.0390 e. The van der Waals surface area contributed by atoms with Crippen molar-refractivity contribution in [1.82, 2.24) is 0 Å². The third-order valence-corrected chi connectivity index (χ3v) is 5.23. The molecule has 5 aromatic rings. The van der Waals surface area contributed by atoms with Crippen LogP contribution < -0.4 is 5.32 Å². The van der Waals surface area contributed by atoms with Crippen LogP contribution >= 0.6 is 0 Å². The number of hydrogen-bond acceptors (Lipinski definition) is 1. The Balaban J connectivity index is 1.39. The van der Waals surface area contributed by atoms with Crippen LogP contribution in [-0.4, -0.2) is 0 Å². The first-order valence-electron chi connectivity index (χ1n) is 9.87. The summed E-state index contributed by atoms with van der Waals surface area (Å²) in [6.45, 7) is 0. The van der Waals surface area contributed by atoms with Crippen LogP contribution in [0, 0.1) is 0 Å². The van der Waals surface area contributed by atoms with Crippen LogP contribution in [-0.2, 0) is 0 Å². The van der Waals surface area contributed by atoms with Gasteiger partial charge >= 0.3 is 0 Å². The number of hydrogen-bond donors (Lipinski definition) is 1. The number of anilines is 2. The lowest BCUT2D eigenvalue weighted by Gasteiger charge is -2.10. The van der Waals surface area contributed by atoms with Gasteiger partial charge in [0.25, 0.3) is 0 Å². The third-order valence-electron chi connectivity index (χ3n) is 5.23. The van der Waals surface area contributed by atoms with Gasteiger partial charge in [0.15, 0.2) is 0 Å². The SMILES string of the molecule is c1ccc(-c2ccc(Nc3cccc(-c4ccc5ccccc5c4)c3)cc2)cc1. The molecule has 0 saturated heterocycles. The van der Waals surface area contributed by atoms with Gasteiger partial charge in [0.1, 0.15) is 0 Å². The molecule has 0 aromatic heterocycles. The Morgan fingerprint density at radius 1 is 0.345 bits per heavy atom. The van der Waals surface area contributed by atoms with Crippen molar-refractivity contribution in [3.63, 3.8) is 0 Å². The molecule has 0 saturated carbocycles. The number of nitrogens with one attached hydrogen (secondary N) is 1. The predicted octanol–water partition coefficient (Wildman–Crippen LogP) is 7.92. The molecule has 5 rings (SSSR count). The lowest BCUT2D eigenvalue weighted by atomic mass is 10.0. The predicted molar refractivity (Wildman–Crippen MR) is 125 cm³/mol. The fourth-order valence-corrected chi connectivity index (χ4v) is 3.69. The van der Waals surface area contributed by atoms with Crippen molar-refractivity contribution < 1.29 is 0 Å². The molecule has 138 valence electrons. The van der Waals surface area contributed by atoms with Gasteiger partial charge in [0.2, 0.25) is 0 Å². The van der Waals surface area contributed by atoms with E-state index in [-0.39, 0.29) is 0 Å². The monoisotopic (exact) mass is 371 g/mol. The molecule has 1 N–H and O–H groups in total. The zero-order valence-corrected chi connectivity index (χ0v) is 16.0. The normalized spacial score (nSPS) is 10.8. The fraction of sp³-hybridized carbons (Fsp3) is 0. The maximum absolute atomic E-state index is 3.53. The first kappa shape index (κ1) is 17.3. The average molecular weight is 371 g/mol. The zero-order chi connectivity index (χ0) is 19.5. The second-order valence-electron chi connectivity index (χ2n) is 7.21. The topological polar surface area (TPSA) is 12.0 Å². The molecule has 29 heavy (non-hydrogen) atoms. The second kappa shape index (κ2) is 7.65. The Morgan fingerprint density at radius 3 is 1.79 bits per heavy atom. The summed E-state index contributed by atoms with van der Waals surface area (Å²) in [5.41, 5.74) is 7.07. The van der Waals surface area contributed by atoms with Gasteiger partial charge in [0.05, 0.1) is 0 Å². The van der Waals surface area contributed by atoms with Crippen molar-refractivity contribution in [2.45, 2.75) is 0 Å². The highest BCUT2D eigenvalue weighted by atomic mass is 14.9. The highest BCUT2D eigenvalue weighted by Gasteiger charge is 2.03. The van der Waals surface area contributed by atoms with Gasteiger partial charge in [-0.1, -0.05) is 91.0 Å². The van der Waals surface area contributed by atoms with Gasteiger partial charge < -0.3 is 5.32 Å². The summed E-state index contributed by atoms with van der Waals surface area (Å²) in [7, 11) is 0. The summed E-state index contributed by atoms with van der Waals surface area (Å²) >= 11 is 0. The van der Waals surface area contributed by atoms with Crippen LogP contribution in [0.2, 0.25) is 0 Å². The van der Waals surface area contributed by atoms with Gasteiger partial charge in [-0.2, -0.15) is 0 Å². The first-order chi connectivity index (χ1) is 14.3. The lowest BCUT2D eigenvalue weighted by Crippen LogP contribution is -1.91. The van der Waals surface area contributed by atoms with Gasteiger partial charge in [-0.25, -0.2) is 0 Å². The second-order valence-corrected chi connectivity index (χ2v) is 7.21. The molecule has 0 spiro atoms. The fourth-order valence-electron chi connectivity index (χ4n) is 3.69. The number of benzene rings is 5. The molecule has 0 bridgehead atoms. The van der Waals surface area contributed by atoms with Crippen molar-refractivity contribution in [3.8, 4) is 22.3 Å². The van der Waals surface area contributed by atoms with E-state index in [1.54, 1.807) is 0 Å². The zero-order valence-electron chi connectivity index (χ0n) is 16.0. The standard InChI is InChI=1S/C28H21N/c1-2-7-21(8-3-1)23-15-17-27(18-16-23)29-28-12-6-11-25(20-28)26-14-13-22-9-4-5-10-24(22)19-26/h1-20,29H. The molecule has 0 aliphatic carbocycles. The van der Waals surface area contributed by atoms with Gasteiger partial charge in [-0.15, -0.1) is 0 Å². The average Bonchev–Trinajstić information content (AvgIpc) is 2.80. The van der Waals surface area contributed by atoms with E-state index in [1.807, 2.05) is 6.07 Å². The molecule has 1 heteroatoms. The summed E-state index contributed by atoms with van der Waals surface area (Å²) in [5, 5.41) is 6.06. The minimum atomic E-state index is 1.08. The van der Waals surface area contributed by atoms with Crippen LogP contribution in [0.1, 0.15) is 0 Å². The summed E-state index contributed by atoms with van der Waals surface area (Å²) in [5.74, 6) is 0. The van der Waals surface area contributed by atoms with E-state index >= 15 is 0 Å². The van der Waals surface area contributed by atoms with E-state index in [1.165, 1.54) is 33.0 Å². The molecule has 0 aliphatic heterocycles. The van der Waals surface area contributed by atoms with E-state index in [0.29, 0.717) is 0 Å².